The Labute approximate surface area is 150 Å². The summed E-state index contributed by atoms with van der Waals surface area (Å²) in [5, 5.41) is 18.7. The highest BCUT2D eigenvalue weighted by Crippen LogP contribution is 2.23. The Morgan fingerprint density at radius 1 is 1.19 bits per heavy atom. The number of aromatic nitrogens is 2. The Kier molecular flexibility index (Phi) is 5.13. The van der Waals surface area contributed by atoms with Crippen molar-refractivity contribution in [1.29, 1.82) is 0 Å². The molecule has 0 radical (unpaired) electrons. The van der Waals surface area contributed by atoms with Crippen molar-refractivity contribution in [2.24, 2.45) is 0 Å². The molecule has 2 aromatic rings. The van der Waals surface area contributed by atoms with Crippen molar-refractivity contribution in [1.82, 2.24) is 14.9 Å². The number of piperazine rings is 1. The molecule has 26 heavy (non-hydrogen) atoms. The molecule has 0 aliphatic carbocycles. The molecule has 136 valence electrons. The minimum atomic E-state index is -1.00. The quantitative estimate of drug-likeness (QED) is 0.867. The zero-order valence-electron chi connectivity index (χ0n) is 14.0. The molecule has 1 aromatic heterocycles. The van der Waals surface area contributed by atoms with Crippen LogP contribution in [0.15, 0.2) is 43.2 Å². The van der Waals surface area contributed by atoms with Crippen LogP contribution >= 0.6 is 0 Å². The number of hydrogen-bond donors (Lipinski definition) is 2. The Morgan fingerprint density at radius 2 is 1.85 bits per heavy atom. The number of rotatable bonds is 4. The van der Waals surface area contributed by atoms with Gasteiger partial charge in [-0.3, -0.25) is 0 Å². The molecule has 3 rings (SSSR count). The molecule has 1 aliphatic heterocycles. The predicted molar refractivity (Wildman–Crippen MR) is 94.4 cm³/mol. The van der Waals surface area contributed by atoms with E-state index in [2.05, 4.69) is 16.5 Å². The van der Waals surface area contributed by atoms with Gasteiger partial charge in [0.1, 0.15) is 5.82 Å². The van der Waals surface area contributed by atoms with Gasteiger partial charge in [0.15, 0.2) is 0 Å². The maximum Gasteiger partial charge on any atom is 0.407 e. The van der Waals surface area contributed by atoms with Crippen LogP contribution in [0.5, 0.6) is 0 Å². The second kappa shape index (κ2) is 7.49. The van der Waals surface area contributed by atoms with Gasteiger partial charge in [-0.2, -0.15) is 0 Å². The van der Waals surface area contributed by atoms with Crippen LogP contribution in [-0.2, 0) is 0 Å². The van der Waals surface area contributed by atoms with Crippen LogP contribution in [0.4, 0.5) is 15.1 Å². The predicted octanol–water partition coefficient (Wildman–Crippen LogP) is 1.84. The zero-order chi connectivity index (χ0) is 18.7. The molecule has 1 fully saturated rings. The van der Waals surface area contributed by atoms with Crippen LogP contribution in [-0.4, -0.2) is 63.5 Å². The van der Waals surface area contributed by atoms with Crippen LogP contribution in [0.1, 0.15) is 11.1 Å². The van der Waals surface area contributed by atoms with Crippen molar-refractivity contribution in [3.63, 3.8) is 0 Å². The maximum absolute atomic E-state index is 13.0. The summed E-state index contributed by atoms with van der Waals surface area (Å²) in [4.78, 5) is 22.8. The van der Waals surface area contributed by atoms with Crippen LogP contribution < -0.4 is 4.90 Å². The van der Waals surface area contributed by atoms with E-state index in [9.17, 15) is 14.3 Å². The van der Waals surface area contributed by atoms with Gasteiger partial charge < -0.3 is 20.0 Å². The third kappa shape index (κ3) is 3.65. The van der Waals surface area contributed by atoms with E-state index >= 15 is 0 Å². The number of benzene rings is 1. The summed E-state index contributed by atoms with van der Waals surface area (Å²) in [5.41, 5.74) is 2.14. The molecule has 1 amide bonds. The molecule has 0 bridgehead atoms. The largest absolute Gasteiger partial charge is 0.465 e. The molecule has 2 N–H and O–H groups in total. The molecule has 8 heteroatoms. The van der Waals surface area contributed by atoms with Crippen molar-refractivity contribution in [3.8, 4) is 0 Å². The third-order valence-corrected chi connectivity index (χ3v) is 4.40. The lowest BCUT2D eigenvalue weighted by atomic mass is 10.0. The highest BCUT2D eigenvalue weighted by Gasteiger charge is 2.30. The van der Waals surface area contributed by atoms with Gasteiger partial charge in [0.25, 0.3) is 0 Å². The van der Waals surface area contributed by atoms with Crippen molar-refractivity contribution < 1.29 is 19.4 Å². The van der Waals surface area contributed by atoms with Crippen molar-refractivity contribution in [3.05, 3.63) is 60.2 Å². The highest BCUT2D eigenvalue weighted by atomic mass is 19.1. The summed E-state index contributed by atoms with van der Waals surface area (Å²) >= 11 is 0. The lowest BCUT2D eigenvalue weighted by Crippen LogP contribution is -2.56. The zero-order valence-corrected chi connectivity index (χ0v) is 14.0. The van der Waals surface area contributed by atoms with Crippen LogP contribution in [0.25, 0.3) is 5.57 Å². The fourth-order valence-electron chi connectivity index (χ4n) is 2.89. The van der Waals surface area contributed by atoms with Gasteiger partial charge in [0.2, 0.25) is 5.95 Å². The van der Waals surface area contributed by atoms with Crippen molar-refractivity contribution >= 4 is 17.6 Å². The molecule has 1 atom stereocenters. The minimum absolute atomic E-state index is 0.194. The monoisotopic (exact) mass is 358 g/mol. The van der Waals surface area contributed by atoms with Crippen LogP contribution in [0, 0.1) is 5.82 Å². The lowest BCUT2D eigenvalue weighted by Gasteiger charge is -2.39. The van der Waals surface area contributed by atoms with Gasteiger partial charge in [-0.05, 0) is 23.3 Å². The molecule has 0 saturated carbocycles. The number of amides is 1. The van der Waals surface area contributed by atoms with Gasteiger partial charge in [0.05, 0.1) is 12.6 Å². The first kappa shape index (κ1) is 17.8. The van der Waals surface area contributed by atoms with E-state index in [1.165, 1.54) is 17.0 Å². The fourth-order valence-corrected chi connectivity index (χ4v) is 2.89. The molecule has 0 spiro atoms. The van der Waals surface area contributed by atoms with Gasteiger partial charge in [0, 0.05) is 37.6 Å². The van der Waals surface area contributed by atoms with Gasteiger partial charge in [-0.25, -0.2) is 19.2 Å². The molecular formula is C18H19FN4O3. The first-order chi connectivity index (χ1) is 12.5. The Balaban J connectivity index is 1.75. The van der Waals surface area contributed by atoms with Gasteiger partial charge in [-0.1, -0.05) is 18.7 Å². The number of hydrogen-bond acceptors (Lipinski definition) is 5. The lowest BCUT2D eigenvalue weighted by molar-refractivity contribution is 0.124. The van der Waals surface area contributed by atoms with Crippen molar-refractivity contribution in [2.45, 2.75) is 6.04 Å². The van der Waals surface area contributed by atoms with Crippen LogP contribution in [0.2, 0.25) is 0 Å². The van der Waals surface area contributed by atoms with E-state index in [1.807, 2.05) is 0 Å². The minimum Gasteiger partial charge on any atom is -0.465 e. The standard InChI is InChI=1S/C18H19FN4O3/c1-12(13-2-4-15(19)5-3-13)14-8-20-17(21-9-14)23-7-6-22(18(25)26)10-16(23)11-24/h2-5,8-9,16,24H,1,6-7,10-11H2,(H,25,26). The molecule has 1 unspecified atom stereocenters. The number of aliphatic hydroxyl groups excluding tert-OH is 1. The van der Waals surface area contributed by atoms with E-state index in [1.54, 1.807) is 29.4 Å². The topological polar surface area (TPSA) is 89.8 Å². The summed E-state index contributed by atoms with van der Waals surface area (Å²) in [7, 11) is 0. The van der Waals surface area contributed by atoms with Crippen molar-refractivity contribution in [2.75, 3.05) is 31.1 Å². The molecule has 2 heterocycles. The average molecular weight is 358 g/mol. The average Bonchev–Trinajstić information content (AvgIpc) is 2.67. The molecule has 1 saturated heterocycles. The SMILES string of the molecule is C=C(c1ccc(F)cc1)c1cnc(N2CCN(C(=O)O)CC2CO)nc1. The normalized spacial score (nSPS) is 17.2. The van der Waals surface area contributed by atoms with E-state index in [-0.39, 0.29) is 19.0 Å². The summed E-state index contributed by atoms with van der Waals surface area (Å²) in [6.45, 7) is 4.71. The summed E-state index contributed by atoms with van der Waals surface area (Å²) in [5.74, 6) is 0.105. The van der Waals surface area contributed by atoms with Crippen LogP contribution in [0.3, 0.4) is 0 Å². The fraction of sp³-hybridized carbons (Fsp3) is 0.278. The van der Waals surface area contributed by atoms with E-state index < -0.39 is 12.1 Å². The molecule has 1 aliphatic rings. The third-order valence-electron chi connectivity index (χ3n) is 4.40. The summed E-state index contributed by atoms with van der Waals surface area (Å²) in [6.07, 6.45) is 2.23. The van der Waals surface area contributed by atoms with Gasteiger partial charge in [-0.15, -0.1) is 0 Å². The maximum atomic E-state index is 13.0. The molecular weight excluding hydrogens is 339 g/mol. The Hall–Kier alpha value is -3.00. The molecule has 7 nitrogen and oxygen atoms in total. The number of halogens is 1. The van der Waals surface area contributed by atoms with E-state index in [0.717, 1.165) is 5.56 Å². The second-order valence-corrected chi connectivity index (χ2v) is 6.02. The Morgan fingerprint density at radius 3 is 2.42 bits per heavy atom. The van der Waals surface area contributed by atoms with E-state index in [0.29, 0.717) is 30.2 Å². The van der Waals surface area contributed by atoms with Gasteiger partial charge >= 0.3 is 6.09 Å². The number of anilines is 1. The first-order valence-corrected chi connectivity index (χ1v) is 8.12. The number of carboxylic acid groups (broad SMARTS) is 1. The smallest absolute Gasteiger partial charge is 0.407 e. The number of nitrogens with zero attached hydrogens (tertiary/aromatic N) is 4. The molecule has 1 aromatic carbocycles. The second-order valence-electron chi connectivity index (χ2n) is 6.02. The number of carbonyl (C=O) groups is 1. The number of aliphatic hydroxyl groups is 1. The summed E-state index contributed by atoms with van der Waals surface area (Å²) in [6, 6.07) is 5.61. The summed E-state index contributed by atoms with van der Waals surface area (Å²) < 4.78 is 13.0. The first-order valence-electron chi connectivity index (χ1n) is 8.12. The van der Waals surface area contributed by atoms with E-state index in [4.69, 9.17) is 5.11 Å². The Bertz CT molecular complexity index is 795. The highest BCUT2D eigenvalue weighted by molar-refractivity contribution is 5.77.